The van der Waals surface area contributed by atoms with E-state index in [2.05, 4.69) is 20.5 Å². The summed E-state index contributed by atoms with van der Waals surface area (Å²) in [7, 11) is 0. The molecule has 0 aliphatic carbocycles. The summed E-state index contributed by atoms with van der Waals surface area (Å²) in [6, 6.07) is 7.58. The highest BCUT2D eigenvalue weighted by Gasteiger charge is 2.16. The van der Waals surface area contributed by atoms with Gasteiger partial charge in [0.25, 0.3) is 5.69 Å². The Morgan fingerprint density at radius 2 is 2.18 bits per heavy atom. The standard InChI is InChI=1S/C17H15ClN6O3S/c1-2-23-16(11-4-3-7-19-9-11)21-22-17(23)28-10-15(25)20-14-6-5-12(24(26)27)8-13(14)18/h3-9H,2,10H2,1H3,(H,20,25). The number of halogens is 1. The molecule has 3 rings (SSSR count). The molecule has 0 aliphatic rings. The van der Waals surface area contributed by atoms with Gasteiger partial charge in [0.05, 0.1) is 21.4 Å². The molecule has 1 amide bonds. The van der Waals surface area contributed by atoms with E-state index in [-0.39, 0.29) is 22.4 Å². The molecule has 144 valence electrons. The summed E-state index contributed by atoms with van der Waals surface area (Å²) >= 11 is 7.23. The lowest BCUT2D eigenvalue weighted by atomic mass is 10.3. The number of thioether (sulfide) groups is 1. The van der Waals surface area contributed by atoms with Crippen LogP contribution < -0.4 is 5.32 Å². The zero-order valence-corrected chi connectivity index (χ0v) is 16.3. The van der Waals surface area contributed by atoms with Crippen molar-refractivity contribution in [3.05, 3.63) is 57.9 Å². The third kappa shape index (κ3) is 4.46. The van der Waals surface area contributed by atoms with Gasteiger partial charge in [-0.05, 0) is 25.1 Å². The predicted octanol–water partition coefficient (Wildman–Crippen LogP) is 3.65. The second-order valence-electron chi connectivity index (χ2n) is 5.55. The Kier molecular flexibility index (Phi) is 6.22. The van der Waals surface area contributed by atoms with Crippen LogP contribution in [0.25, 0.3) is 11.4 Å². The molecule has 3 aromatic rings. The van der Waals surface area contributed by atoms with Gasteiger partial charge >= 0.3 is 0 Å². The lowest BCUT2D eigenvalue weighted by molar-refractivity contribution is -0.384. The van der Waals surface area contributed by atoms with Crippen molar-refractivity contribution in [1.29, 1.82) is 0 Å². The first kappa shape index (κ1) is 19.8. The van der Waals surface area contributed by atoms with Crippen LogP contribution >= 0.6 is 23.4 Å². The van der Waals surface area contributed by atoms with E-state index in [0.29, 0.717) is 23.2 Å². The number of rotatable bonds is 7. The lowest BCUT2D eigenvalue weighted by Gasteiger charge is -2.08. The van der Waals surface area contributed by atoms with Gasteiger partial charge in [0.15, 0.2) is 11.0 Å². The van der Waals surface area contributed by atoms with Crippen LogP contribution in [0.1, 0.15) is 6.92 Å². The van der Waals surface area contributed by atoms with E-state index in [0.717, 1.165) is 5.56 Å². The van der Waals surface area contributed by atoms with Crippen LogP contribution in [0.3, 0.4) is 0 Å². The van der Waals surface area contributed by atoms with Gasteiger partial charge in [0, 0.05) is 36.6 Å². The van der Waals surface area contributed by atoms with Crippen LogP contribution in [-0.4, -0.2) is 36.3 Å². The lowest BCUT2D eigenvalue weighted by Crippen LogP contribution is -2.15. The summed E-state index contributed by atoms with van der Waals surface area (Å²) in [5.41, 5.74) is 1.01. The van der Waals surface area contributed by atoms with Gasteiger partial charge in [0.2, 0.25) is 5.91 Å². The first-order chi connectivity index (χ1) is 13.5. The van der Waals surface area contributed by atoms with Crippen molar-refractivity contribution in [2.45, 2.75) is 18.6 Å². The maximum Gasteiger partial charge on any atom is 0.271 e. The number of hydrogen-bond acceptors (Lipinski definition) is 7. The average Bonchev–Trinajstić information content (AvgIpc) is 3.11. The van der Waals surface area contributed by atoms with Gasteiger partial charge in [-0.25, -0.2) is 0 Å². The van der Waals surface area contributed by atoms with Gasteiger partial charge in [-0.2, -0.15) is 0 Å². The maximum atomic E-state index is 12.2. The van der Waals surface area contributed by atoms with Crippen LogP contribution in [0.15, 0.2) is 47.9 Å². The largest absolute Gasteiger partial charge is 0.324 e. The van der Waals surface area contributed by atoms with Crippen LogP contribution in [0, 0.1) is 10.1 Å². The molecule has 0 saturated carbocycles. The topological polar surface area (TPSA) is 116 Å². The Bertz CT molecular complexity index is 1010. The minimum atomic E-state index is -0.551. The molecule has 0 saturated heterocycles. The third-order valence-corrected chi connectivity index (χ3v) is 5.00. The van der Waals surface area contributed by atoms with Crippen molar-refractivity contribution in [2.75, 3.05) is 11.1 Å². The van der Waals surface area contributed by atoms with E-state index in [1.807, 2.05) is 23.6 Å². The van der Waals surface area contributed by atoms with Gasteiger partial charge in [-0.15, -0.1) is 10.2 Å². The molecule has 0 unspecified atom stereocenters. The van der Waals surface area contributed by atoms with Crippen molar-refractivity contribution in [1.82, 2.24) is 19.7 Å². The molecule has 0 aliphatic heterocycles. The van der Waals surface area contributed by atoms with E-state index < -0.39 is 4.92 Å². The van der Waals surface area contributed by atoms with Gasteiger partial charge < -0.3 is 9.88 Å². The molecule has 2 heterocycles. The molecule has 9 nitrogen and oxygen atoms in total. The highest BCUT2D eigenvalue weighted by molar-refractivity contribution is 7.99. The SMILES string of the molecule is CCn1c(SCC(=O)Nc2ccc([N+](=O)[O-])cc2Cl)nnc1-c1cccnc1. The molecule has 0 fully saturated rings. The molecule has 0 bridgehead atoms. The number of nitro groups is 1. The minimum absolute atomic E-state index is 0.0818. The summed E-state index contributed by atoms with van der Waals surface area (Å²) in [5, 5.41) is 22.4. The third-order valence-electron chi connectivity index (χ3n) is 3.72. The Labute approximate surface area is 169 Å². The number of nitro benzene ring substituents is 1. The molecule has 0 atom stereocenters. The van der Waals surface area contributed by atoms with E-state index in [9.17, 15) is 14.9 Å². The minimum Gasteiger partial charge on any atom is -0.324 e. The zero-order chi connectivity index (χ0) is 20.1. The summed E-state index contributed by atoms with van der Waals surface area (Å²) in [6.45, 7) is 2.60. The van der Waals surface area contributed by atoms with E-state index in [1.165, 1.54) is 30.0 Å². The van der Waals surface area contributed by atoms with Crippen molar-refractivity contribution < 1.29 is 9.72 Å². The fraction of sp³-hybridized carbons (Fsp3) is 0.176. The number of hydrogen-bond donors (Lipinski definition) is 1. The number of benzene rings is 1. The summed E-state index contributed by atoms with van der Waals surface area (Å²) in [5.74, 6) is 0.449. The number of amides is 1. The fourth-order valence-corrected chi connectivity index (χ4v) is 3.45. The van der Waals surface area contributed by atoms with E-state index in [4.69, 9.17) is 11.6 Å². The highest BCUT2D eigenvalue weighted by atomic mass is 35.5. The van der Waals surface area contributed by atoms with Crippen LogP contribution in [0.5, 0.6) is 0 Å². The van der Waals surface area contributed by atoms with Crippen LogP contribution in [-0.2, 0) is 11.3 Å². The average molecular weight is 419 g/mol. The Morgan fingerprint density at radius 1 is 1.36 bits per heavy atom. The molecular weight excluding hydrogens is 404 g/mol. The Balaban J connectivity index is 1.67. The molecule has 0 spiro atoms. The number of carbonyl (C=O) groups is 1. The monoisotopic (exact) mass is 418 g/mol. The molecule has 1 N–H and O–H groups in total. The first-order valence-electron chi connectivity index (χ1n) is 8.19. The number of aromatic nitrogens is 4. The zero-order valence-electron chi connectivity index (χ0n) is 14.7. The van der Waals surface area contributed by atoms with Crippen molar-refractivity contribution >= 4 is 40.6 Å². The molecule has 28 heavy (non-hydrogen) atoms. The summed E-state index contributed by atoms with van der Waals surface area (Å²) in [6.07, 6.45) is 3.38. The van der Waals surface area contributed by atoms with E-state index in [1.54, 1.807) is 12.4 Å². The van der Waals surface area contributed by atoms with E-state index >= 15 is 0 Å². The predicted molar refractivity (Wildman–Crippen MR) is 106 cm³/mol. The summed E-state index contributed by atoms with van der Waals surface area (Å²) in [4.78, 5) is 26.5. The highest BCUT2D eigenvalue weighted by Crippen LogP contribution is 2.27. The quantitative estimate of drug-likeness (QED) is 0.353. The Hall–Kier alpha value is -2.98. The van der Waals surface area contributed by atoms with Crippen molar-refractivity contribution in [3.8, 4) is 11.4 Å². The summed E-state index contributed by atoms with van der Waals surface area (Å²) < 4.78 is 1.90. The van der Waals surface area contributed by atoms with Gasteiger partial charge in [0.1, 0.15) is 0 Å². The number of non-ortho nitro benzene ring substituents is 1. The van der Waals surface area contributed by atoms with Crippen LogP contribution in [0.2, 0.25) is 5.02 Å². The molecule has 0 radical (unpaired) electrons. The second-order valence-corrected chi connectivity index (χ2v) is 6.90. The fourth-order valence-electron chi connectivity index (χ4n) is 2.42. The number of pyridine rings is 1. The molecule has 11 heteroatoms. The number of anilines is 1. The smallest absolute Gasteiger partial charge is 0.271 e. The molecule has 1 aromatic carbocycles. The normalized spacial score (nSPS) is 10.6. The maximum absolute atomic E-state index is 12.2. The van der Waals surface area contributed by atoms with Crippen molar-refractivity contribution in [2.24, 2.45) is 0 Å². The first-order valence-corrected chi connectivity index (χ1v) is 9.56. The van der Waals surface area contributed by atoms with Gasteiger partial charge in [-0.3, -0.25) is 19.9 Å². The number of carbonyl (C=O) groups excluding carboxylic acids is 1. The number of nitrogens with zero attached hydrogens (tertiary/aromatic N) is 5. The molecule has 2 aromatic heterocycles. The van der Waals surface area contributed by atoms with Crippen molar-refractivity contribution in [3.63, 3.8) is 0 Å². The number of nitrogens with one attached hydrogen (secondary N) is 1. The molecular formula is C17H15ClN6O3S. The van der Waals surface area contributed by atoms with Gasteiger partial charge in [-0.1, -0.05) is 23.4 Å². The second kappa shape index (κ2) is 8.81. The Morgan fingerprint density at radius 3 is 2.82 bits per heavy atom. The van der Waals surface area contributed by atoms with Crippen LogP contribution in [0.4, 0.5) is 11.4 Å².